The van der Waals surface area contributed by atoms with Gasteiger partial charge in [-0.15, -0.1) is 0 Å². The highest BCUT2D eigenvalue weighted by Gasteiger charge is 2.16. The number of anilines is 1. The Morgan fingerprint density at radius 3 is 2.33 bits per heavy atom. The monoisotopic (exact) mass is 361 g/mol. The van der Waals surface area contributed by atoms with Crippen LogP contribution in [0, 0.1) is 17.5 Å². The fourth-order valence-corrected chi connectivity index (χ4v) is 2.20. The van der Waals surface area contributed by atoms with Crippen LogP contribution in [-0.2, 0) is 11.3 Å². The molecule has 2 aromatic rings. The fourth-order valence-electron chi connectivity index (χ4n) is 1.71. The second-order valence-corrected chi connectivity index (χ2v) is 4.89. The van der Waals surface area contributed by atoms with E-state index in [9.17, 15) is 13.2 Å². The zero-order valence-corrected chi connectivity index (χ0v) is 12.8. The molecule has 21 heavy (non-hydrogen) atoms. The lowest BCUT2D eigenvalue weighted by molar-refractivity contribution is 0.181. The van der Waals surface area contributed by atoms with Gasteiger partial charge in [-0.05, 0) is 28.1 Å². The lowest BCUT2D eigenvalue weighted by Gasteiger charge is -2.11. The van der Waals surface area contributed by atoms with Crippen molar-refractivity contribution in [2.75, 3.05) is 19.5 Å². The third-order valence-electron chi connectivity index (χ3n) is 2.68. The summed E-state index contributed by atoms with van der Waals surface area (Å²) in [6.07, 6.45) is 0. The summed E-state index contributed by atoms with van der Waals surface area (Å²) in [4.78, 5) is 8.31. The number of hydrogen-bond donors (Lipinski definition) is 1. The zero-order chi connectivity index (χ0) is 15.6. The average Bonchev–Trinajstić information content (AvgIpc) is 2.46. The number of hydrogen-bond acceptors (Lipinski definition) is 4. The normalized spacial score (nSPS) is 10.8. The van der Waals surface area contributed by atoms with Crippen LogP contribution in [0.4, 0.5) is 19.0 Å². The Kier molecular flexibility index (Phi) is 4.79. The second kappa shape index (κ2) is 6.40. The van der Waals surface area contributed by atoms with E-state index >= 15 is 0 Å². The van der Waals surface area contributed by atoms with Gasteiger partial charge in [0.25, 0.3) is 0 Å². The number of ether oxygens (including phenoxy) is 1. The minimum atomic E-state index is -1.53. The Morgan fingerprint density at radius 2 is 1.81 bits per heavy atom. The van der Waals surface area contributed by atoms with E-state index in [-0.39, 0.29) is 18.0 Å². The van der Waals surface area contributed by atoms with Gasteiger partial charge in [0.2, 0.25) is 0 Å². The summed E-state index contributed by atoms with van der Waals surface area (Å²) >= 11 is 3.31. The van der Waals surface area contributed by atoms with Crippen molar-refractivity contribution in [1.82, 2.24) is 9.97 Å². The Balaban J connectivity index is 2.60. The molecule has 0 fully saturated rings. The highest BCUT2D eigenvalue weighted by molar-refractivity contribution is 9.10. The third-order valence-corrected chi connectivity index (χ3v) is 3.51. The first-order chi connectivity index (χ1) is 9.97. The van der Waals surface area contributed by atoms with Crippen molar-refractivity contribution in [1.29, 1.82) is 0 Å². The number of benzene rings is 1. The van der Waals surface area contributed by atoms with Crippen LogP contribution >= 0.6 is 15.9 Å². The molecule has 0 atom stereocenters. The van der Waals surface area contributed by atoms with Crippen molar-refractivity contribution < 1.29 is 17.9 Å². The van der Waals surface area contributed by atoms with Gasteiger partial charge in [-0.1, -0.05) is 0 Å². The van der Waals surface area contributed by atoms with Crippen LogP contribution < -0.4 is 5.32 Å². The lowest BCUT2D eigenvalue weighted by atomic mass is 10.2. The van der Waals surface area contributed by atoms with Gasteiger partial charge in [-0.3, -0.25) is 0 Å². The van der Waals surface area contributed by atoms with Crippen molar-refractivity contribution in [3.8, 4) is 11.4 Å². The Hall–Kier alpha value is -1.67. The van der Waals surface area contributed by atoms with E-state index < -0.39 is 17.5 Å². The molecular weight excluding hydrogens is 351 g/mol. The predicted octanol–water partition coefficient (Wildman–Crippen LogP) is 3.51. The molecule has 0 bridgehead atoms. The smallest absolute Gasteiger partial charge is 0.194 e. The molecule has 0 saturated heterocycles. The van der Waals surface area contributed by atoms with Crippen LogP contribution in [0.25, 0.3) is 11.4 Å². The minimum absolute atomic E-state index is 0.0350. The van der Waals surface area contributed by atoms with Crippen LogP contribution in [-0.4, -0.2) is 24.1 Å². The quantitative estimate of drug-likeness (QED) is 0.846. The van der Waals surface area contributed by atoms with Gasteiger partial charge in [-0.25, -0.2) is 23.1 Å². The number of halogens is 4. The van der Waals surface area contributed by atoms with Gasteiger partial charge in [0.15, 0.2) is 23.3 Å². The van der Waals surface area contributed by atoms with Crippen LogP contribution in [0.15, 0.2) is 16.6 Å². The molecule has 1 aromatic heterocycles. The number of nitrogens with zero attached hydrogens (tertiary/aromatic N) is 2. The van der Waals surface area contributed by atoms with E-state index in [1.165, 1.54) is 7.11 Å². The van der Waals surface area contributed by atoms with E-state index in [0.29, 0.717) is 16.0 Å². The Labute approximate surface area is 127 Å². The van der Waals surface area contributed by atoms with E-state index in [1.807, 2.05) is 0 Å². The van der Waals surface area contributed by atoms with Gasteiger partial charge >= 0.3 is 0 Å². The second-order valence-electron chi connectivity index (χ2n) is 4.09. The van der Waals surface area contributed by atoms with Crippen LogP contribution in [0.5, 0.6) is 0 Å². The summed E-state index contributed by atoms with van der Waals surface area (Å²) in [7, 11) is 3.13. The van der Waals surface area contributed by atoms with Crippen LogP contribution in [0.2, 0.25) is 0 Å². The van der Waals surface area contributed by atoms with Crippen molar-refractivity contribution in [2.24, 2.45) is 0 Å². The molecule has 0 aliphatic rings. The number of nitrogens with one attached hydrogen (secondary N) is 1. The zero-order valence-electron chi connectivity index (χ0n) is 11.2. The number of methoxy groups -OCH3 is 1. The topological polar surface area (TPSA) is 47.0 Å². The largest absolute Gasteiger partial charge is 0.378 e. The average molecular weight is 362 g/mol. The van der Waals surface area contributed by atoms with E-state index in [1.54, 1.807) is 7.05 Å². The first-order valence-electron chi connectivity index (χ1n) is 5.86. The summed E-state index contributed by atoms with van der Waals surface area (Å²) in [5.74, 6) is -3.63. The maximum absolute atomic E-state index is 13.3. The molecule has 2 rings (SSSR count). The molecule has 112 valence electrons. The van der Waals surface area contributed by atoms with Gasteiger partial charge in [0.05, 0.1) is 16.8 Å². The molecule has 8 heteroatoms. The summed E-state index contributed by atoms with van der Waals surface area (Å²) in [5, 5.41) is 2.83. The fraction of sp³-hybridized carbons (Fsp3) is 0.231. The van der Waals surface area contributed by atoms with Gasteiger partial charge in [0, 0.05) is 19.7 Å². The SMILES string of the molecule is CNc1nc(-c2cc(F)c(F)c(F)c2)nc(COC)c1Br. The molecule has 1 heterocycles. The molecule has 1 aromatic carbocycles. The number of rotatable bonds is 4. The molecule has 0 amide bonds. The summed E-state index contributed by atoms with van der Waals surface area (Å²) in [6, 6.07) is 1.69. The Morgan fingerprint density at radius 1 is 1.19 bits per heavy atom. The predicted molar refractivity (Wildman–Crippen MR) is 75.3 cm³/mol. The molecule has 0 aliphatic carbocycles. The molecule has 0 saturated carbocycles. The molecule has 0 spiro atoms. The number of aromatic nitrogens is 2. The first kappa shape index (κ1) is 15.7. The minimum Gasteiger partial charge on any atom is -0.378 e. The lowest BCUT2D eigenvalue weighted by Crippen LogP contribution is -2.05. The standard InChI is InChI=1S/C13H11BrF3N3O/c1-18-13-10(14)9(5-21-2)19-12(20-13)6-3-7(15)11(17)8(16)4-6/h3-4H,5H2,1-2H3,(H,18,19,20). The van der Waals surface area contributed by atoms with Crippen LogP contribution in [0.3, 0.4) is 0 Å². The highest BCUT2D eigenvalue weighted by Crippen LogP contribution is 2.28. The van der Waals surface area contributed by atoms with Crippen molar-refractivity contribution >= 4 is 21.7 Å². The van der Waals surface area contributed by atoms with Crippen molar-refractivity contribution in [3.05, 3.63) is 39.8 Å². The third kappa shape index (κ3) is 3.16. The van der Waals surface area contributed by atoms with E-state index in [0.717, 1.165) is 12.1 Å². The molecule has 0 unspecified atom stereocenters. The maximum atomic E-state index is 13.3. The molecular formula is C13H11BrF3N3O. The maximum Gasteiger partial charge on any atom is 0.194 e. The van der Waals surface area contributed by atoms with Crippen molar-refractivity contribution in [3.63, 3.8) is 0 Å². The first-order valence-corrected chi connectivity index (χ1v) is 6.65. The molecule has 0 radical (unpaired) electrons. The van der Waals surface area contributed by atoms with Crippen LogP contribution in [0.1, 0.15) is 5.69 Å². The van der Waals surface area contributed by atoms with E-state index in [2.05, 4.69) is 31.2 Å². The van der Waals surface area contributed by atoms with E-state index in [4.69, 9.17) is 4.74 Å². The molecule has 4 nitrogen and oxygen atoms in total. The van der Waals surface area contributed by atoms with Gasteiger partial charge in [0.1, 0.15) is 5.82 Å². The van der Waals surface area contributed by atoms with Gasteiger partial charge in [-0.2, -0.15) is 0 Å². The summed E-state index contributed by atoms with van der Waals surface area (Å²) < 4.78 is 45.2. The van der Waals surface area contributed by atoms with Gasteiger partial charge < -0.3 is 10.1 Å². The van der Waals surface area contributed by atoms with Crippen molar-refractivity contribution in [2.45, 2.75) is 6.61 Å². The molecule has 1 N–H and O–H groups in total. The summed E-state index contributed by atoms with van der Waals surface area (Å²) in [6.45, 7) is 0.178. The summed E-state index contributed by atoms with van der Waals surface area (Å²) in [5.41, 5.74) is 0.532. The molecule has 0 aliphatic heterocycles. The Bertz CT molecular complexity index is 659. The highest BCUT2D eigenvalue weighted by atomic mass is 79.9.